The largest absolute Gasteiger partial charge is 0.493 e. The molecule has 0 spiro atoms. The molecular formula is C18H28O3. The molecule has 1 saturated carbocycles. The quantitative estimate of drug-likeness (QED) is 0.783. The molecular weight excluding hydrogens is 264 g/mol. The van der Waals surface area contributed by atoms with Gasteiger partial charge in [-0.3, -0.25) is 0 Å². The fraction of sp³-hybridized carbons (Fsp3) is 0.667. The minimum absolute atomic E-state index is 0.536. The van der Waals surface area contributed by atoms with E-state index in [9.17, 15) is 10.2 Å². The minimum atomic E-state index is -0.837. The van der Waals surface area contributed by atoms with Gasteiger partial charge in [-0.15, -0.1) is 0 Å². The number of aliphatic hydroxyl groups is 2. The molecule has 0 aliphatic heterocycles. The van der Waals surface area contributed by atoms with Gasteiger partial charge in [-0.2, -0.15) is 0 Å². The van der Waals surface area contributed by atoms with Crippen LogP contribution in [0.3, 0.4) is 0 Å². The predicted octanol–water partition coefficient (Wildman–Crippen LogP) is 3.84. The number of hydrogen-bond donors (Lipinski definition) is 2. The third-order valence-corrected chi connectivity index (χ3v) is 4.44. The van der Waals surface area contributed by atoms with Crippen LogP contribution in [0.1, 0.15) is 63.5 Å². The number of benzene rings is 1. The third-order valence-electron chi connectivity index (χ3n) is 4.44. The van der Waals surface area contributed by atoms with Crippen LogP contribution in [0.25, 0.3) is 0 Å². The van der Waals surface area contributed by atoms with Crippen molar-refractivity contribution in [2.75, 3.05) is 6.61 Å². The van der Waals surface area contributed by atoms with E-state index in [1.165, 1.54) is 38.5 Å². The SMILES string of the molecule is CC[C@@H](O)[C@@H](O)c1cccc(OCC2CCCCCC2)c1. The van der Waals surface area contributed by atoms with Crippen molar-refractivity contribution in [3.8, 4) is 5.75 Å². The van der Waals surface area contributed by atoms with Crippen molar-refractivity contribution < 1.29 is 14.9 Å². The van der Waals surface area contributed by atoms with E-state index in [0.717, 1.165) is 17.9 Å². The first-order valence-electron chi connectivity index (χ1n) is 8.29. The van der Waals surface area contributed by atoms with Crippen LogP contribution in [-0.4, -0.2) is 22.9 Å². The maximum Gasteiger partial charge on any atom is 0.119 e. The molecule has 0 heterocycles. The fourth-order valence-electron chi connectivity index (χ4n) is 2.98. The van der Waals surface area contributed by atoms with Gasteiger partial charge < -0.3 is 14.9 Å². The van der Waals surface area contributed by atoms with E-state index in [2.05, 4.69) is 0 Å². The molecule has 21 heavy (non-hydrogen) atoms. The summed E-state index contributed by atoms with van der Waals surface area (Å²) in [7, 11) is 0. The summed E-state index contributed by atoms with van der Waals surface area (Å²) >= 11 is 0. The highest BCUT2D eigenvalue weighted by Gasteiger charge is 2.17. The molecule has 1 aromatic carbocycles. The summed E-state index contributed by atoms with van der Waals surface area (Å²) in [5, 5.41) is 19.8. The summed E-state index contributed by atoms with van der Waals surface area (Å²) in [5.41, 5.74) is 0.725. The standard InChI is InChI=1S/C18H28O3/c1-2-17(19)18(20)15-10-7-11-16(12-15)21-13-14-8-5-3-4-6-9-14/h7,10-12,14,17-20H,2-6,8-9,13H2,1H3/t17-,18+/m1/s1. The second-order valence-corrected chi connectivity index (χ2v) is 6.16. The van der Waals surface area contributed by atoms with Crippen LogP contribution in [0.4, 0.5) is 0 Å². The van der Waals surface area contributed by atoms with E-state index >= 15 is 0 Å². The molecule has 0 aromatic heterocycles. The Kier molecular flexibility index (Phi) is 6.52. The van der Waals surface area contributed by atoms with E-state index in [1.54, 1.807) is 0 Å². The van der Waals surface area contributed by atoms with Crippen LogP contribution in [-0.2, 0) is 0 Å². The summed E-state index contributed by atoms with van der Waals surface area (Å²) < 4.78 is 5.91. The Bertz CT molecular complexity index is 411. The van der Waals surface area contributed by atoms with Crippen molar-refractivity contribution in [2.45, 2.75) is 64.1 Å². The van der Waals surface area contributed by atoms with Crippen LogP contribution in [0.2, 0.25) is 0 Å². The molecule has 1 aromatic rings. The second-order valence-electron chi connectivity index (χ2n) is 6.16. The van der Waals surface area contributed by atoms with Crippen molar-refractivity contribution in [2.24, 2.45) is 5.92 Å². The molecule has 0 unspecified atom stereocenters. The molecule has 2 N–H and O–H groups in total. The van der Waals surface area contributed by atoms with Gasteiger partial charge in [0.1, 0.15) is 11.9 Å². The summed E-state index contributed by atoms with van der Waals surface area (Å²) in [6.45, 7) is 2.62. The Hall–Kier alpha value is -1.06. The van der Waals surface area contributed by atoms with Crippen molar-refractivity contribution in [3.63, 3.8) is 0 Å². The molecule has 3 nitrogen and oxygen atoms in total. The van der Waals surface area contributed by atoms with Gasteiger partial charge >= 0.3 is 0 Å². The molecule has 2 rings (SSSR count). The zero-order chi connectivity index (χ0) is 15.1. The lowest BCUT2D eigenvalue weighted by Crippen LogP contribution is -2.17. The van der Waals surface area contributed by atoms with Crippen molar-refractivity contribution in [1.29, 1.82) is 0 Å². The Morgan fingerprint density at radius 2 is 1.86 bits per heavy atom. The topological polar surface area (TPSA) is 49.7 Å². The lowest BCUT2D eigenvalue weighted by atomic mass is 10.0. The van der Waals surface area contributed by atoms with E-state index in [4.69, 9.17) is 4.74 Å². The summed E-state index contributed by atoms with van der Waals surface area (Å²) in [4.78, 5) is 0. The van der Waals surface area contributed by atoms with Crippen molar-refractivity contribution >= 4 is 0 Å². The minimum Gasteiger partial charge on any atom is -0.493 e. The number of aliphatic hydroxyl groups excluding tert-OH is 2. The lowest BCUT2D eigenvalue weighted by molar-refractivity contribution is 0.0163. The first-order chi connectivity index (χ1) is 10.2. The lowest BCUT2D eigenvalue weighted by Gasteiger charge is -2.18. The Labute approximate surface area is 128 Å². The molecule has 2 atom stereocenters. The molecule has 0 saturated heterocycles. The summed E-state index contributed by atoms with van der Waals surface area (Å²) in [6.07, 6.45) is 6.84. The predicted molar refractivity (Wildman–Crippen MR) is 84.4 cm³/mol. The van der Waals surface area contributed by atoms with E-state index in [-0.39, 0.29) is 0 Å². The fourth-order valence-corrected chi connectivity index (χ4v) is 2.98. The van der Waals surface area contributed by atoms with E-state index < -0.39 is 12.2 Å². The average Bonchev–Trinajstić information content (AvgIpc) is 2.80. The van der Waals surface area contributed by atoms with Gasteiger partial charge in [-0.1, -0.05) is 44.7 Å². The molecule has 3 heteroatoms. The van der Waals surface area contributed by atoms with E-state index in [1.807, 2.05) is 31.2 Å². The Morgan fingerprint density at radius 3 is 2.52 bits per heavy atom. The maximum absolute atomic E-state index is 10.1. The Morgan fingerprint density at radius 1 is 1.14 bits per heavy atom. The van der Waals surface area contributed by atoms with Gasteiger partial charge in [0.15, 0.2) is 0 Å². The maximum atomic E-state index is 10.1. The van der Waals surface area contributed by atoms with Crippen LogP contribution in [0, 0.1) is 5.92 Å². The zero-order valence-electron chi connectivity index (χ0n) is 13.0. The number of hydrogen-bond acceptors (Lipinski definition) is 3. The molecule has 1 aliphatic rings. The van der Waals surface area contributed by atoms with Gasteiger partial charge in [-0.05, 0) is 42.9 Å². The molecule has 1 fully saturated rings. The van der Waals surface area contributed by atoms with Crippen molar-refractivity contribution in [3.05, 3.63) is 29.8 Å². The molecule has 0 amide bonds. The first-order valence-corrected chi connectivity index (χ1v) is 8.29. The van der Waals surface area contributed by atoms with Crippen LogP contribution >= 0.6 is 0 Å². The summed E-state index contributed by atoms with van der Waals surface area (Å²) in [5.74, 6) is 1.45. The highest BCUT2D eigenvalue weighted by Crippen LogP contribution is 2.26. The van der Waals surface area contributed by atoms with Gasteiger partial charge in [0.25, 0.3) is 0 Å². The van der Waals surface area contributed by atoms with Gasteiger partial charge in [0, 0.05) is 0 Å². The first kappa shape index (κ1) is 16.3. The second kappa shape index (κ2) is 8.40. The third kappa shape index (κ3) is 5.01. The van der Waals surface area contributed by atoms with Crippen molar-refractivity contribution in [1.82, 2.24) is 0 Å². The smallest absolute Gasteiger partial charge is 0.119 e. The van der Waals surface area contributed by atoms with Crippen LogP contribution in [0.15, 0.2) is 24.3 Å². The van der Waals surface area contributed by atoms with Gasteiger partial charge in [-0.25, -0.2) is 0 Å². The van der Waals surface area contributed by atoms with Gasteiger partial charge in [0.05, 0.1) is 12.7 Å². The Balaban J connectivity index is 1.91. The normalized spacial score (nSPS) is 19.8. The number of rotatable bonds is 6. The molecule has 0 bridgehead atoms. The number of ether oxygens (including phenoxy) is 1. The van der Waals surface area contributed by atoms with Crippen LogP contribution in [0.5, 0.6) is 5.75 Å². The zero-order valence-corrected chi connectivity index (χ0v) is 13.0. The highest BCUT2D eigenvalue weighted by atomic mass is 16.5. The molecule has 1 aliphatic carbocycles. The van der Waals surface area contributed by atoms with E-state index in [0.29, 0.717) is 12.3 Å². The van der Waals surface area contributed by atoms with Crippen LogP contribution < -0.4 is 4.74 Å². The van der Waals surface area contributed by atoms with Gasteiger partial charge in [0.2, 0.25) is 0 Å². The highest BCUT2D eigenvalue weighted by molar-refractivity contribution is 5.30. The molecule has 118 valence electrons. The molecule has 0 radical (unpaired) electrons. The monoisotopic (exact) mass is 292 g/mol. The average molecular weight is 292 g/mol. The summed E-state index contributed by atoms with van der Waals surface area (Å²) in [6, 6.07) is 7.48.